The van der Waals surface area contributed by atoms with Crippen LogP contribution in [0.15, 0.2) is 60.2 Å². The summed E-state index contributed by atoms with van der Waals surface area (Å²) in [7, 11) is 0. The van der Waals surface area contributed by atoms with Crippen LogP contribution in [0.25, 0.3) is 16.3 Å². The van der Waals surface area contributed by atoms with Crippen molar-refractivity contribution in [1.29, 1.82) is 0 Å². The molecule has 1 heteroatoms. The molecule has 6 atom stereocenters. The van der Waals surface area contributed by atoms with Crippen molar-refractivity contribution in [1.82, 2.24) is 5.32 Å². The summed E-state index contributed by atoms with van der Waals surface area (Å²) in [5.41, 5.74) is 5.85. The molecule has 0 amide bonds. The van der Waals surface area contributed by atoms with E-state index in [1.807, 2.05) is 0 Å². The lowest BCUT2D eigenvalue weighted by atomic mass is 9.47. The van der Waals surface area contributed by atoms with Crippen molar-refractivity contribution in [3.05, 3.63) is 65.8 Å². The van der Waals surface area contributed by atoms with Crippen molar-refractivity contribution in [3.8, 4) is 0 Å². The number of fused-ring (bicyclic) bond motifs is 6. The maximum absolute atomic E-state index is 3.91. The summed E-state index contributed by atoms with van der Waals surface area (Å²) in [6.45, 7) is 12.2. The maximum Gasteiger partial charge on any atom is 0.0110 e. The monoisotopic (exact) mass is 453 g/mol. The van der Waals surface area contributed by atoms with E-state index in [-0.39, 0.29) is 5.54 Å². The highest BCUT2D eigenvalue weighted by Gasteiger charge is 2.56. The first-order valence-electron chi connectivity index (χ1n) is 13.8. The molecule has 2 saturated carbocycles. The largest absolute Gasteiger partial charge is 0.309 e. The third-order valence-corrected chi connectivity index (χ3v) is 10.4. The van der Waals surface area contributed by atoms with Crippen molar-refractivity contribution in [2.75, 3.05) is 0 Å². The van der Waals surface area contributed by atoms with E-state index >= 15 is 0 Å². The van der Waals surface area contributed by atoms with Gasteiger partial charge in [-0.15, -0.1) is 0 Å². The van der Waals surface area contributed by atoms with Crippen molar-refractivity contribution in [3.63, 3.8) is 0 Å². The SMILES string of the molecule is CC(C)(C)N[C@H]1CC[C@@]2(C)C(=CC[C@@H]3[C@@H]2CC[C@]2(C)C(c4ccc5ccccc5c4)=CC[C@@H]32)C1. The molecule has 0 aromatic heterocycles. The molecule has 2 fully saturated rings. The topological polar surface area (TPSA) is 12.0 Å². The van der Waals surface area contributed by atoms with Gasteiger partial charge in [0.2, 0.25) is 0 Å². The lowest BCUT2D eigenvalue weighted by molar-refractivity contribution is -0.0132. The van der Waals surface area contributed by atoms with Crippen LogP contribution in [-0.4, -0.2) is 11.6 Å². The fourth-order valence-electron chi connectivity index (χ4n) is 8.77. The number of hydrogen-bond donors (Lipinski definition) is 1. The zero-order valence-corrected chi connectivity index (χ0v) is 22.0. The van der Waals surface area contributed by atoms with Gasteiger partial charge in [0.15, 0.2) is 0 Å². The Morgan fingerprint density at radius 3 is 2.38 bits per heavy atom. The lowest BCUT2D eigenvalue weighted by Gasteiger charge is -2.58. The van der Waals surface area contributed by atoms with Gasteiger partial charge in [-0.05, 0) is 122 Å². The van der Waals surface area contributed by atoms with Crippen molar-refractivity contribution >= 4 is 16.3 Å². The molecule has 6 rings (SSSR count). The van der Waals surface area contributed by atoms with E-state index in [1.54, 1.807) is 11.1 Å². The molecular formula is C33H43N. The van der Waals surface area contributed by atoms with Crippen LogP contribution >= 0.6 is 0 Å². The van der Waals surface area contributed by atoms with Crippen molar-refractivity contribution in [2.24, 2.45) is 28.6 Å². The van der Waals surface area contributed by atoms with Crippen LogP contribution in [0, 0.1) is 28.6 Å². The molecule has 0 unspecified atom stereocenters. The zero-order valence-electron chi connectivity index (χ0n) is 22.0. The van der Waals surface area contributed by atoms with Crippen LogP contribution in [0.2, 0.25) is 0 Å². The predicted octanol–water partition coefficient (Wildman–Crippen LogP) is 8.55. The Kier molecular flexibility index (Phi) is 5.20. The standard InChI is InChI=1S/C33H43N/c1-31(2,3)34-26-16-18-32(4)25(21-26)12-13-27-29-15-14-28(33(29,5)19-17-30(27)32)24-11-10-22-8-6-7-9-23(22)20-24/h6-12,14,20,26-27,29-30,34H,13,15-19,21H2,1-5H3/t26-,27-,29-,30-,32-,33+/m0/s1. The van der Waals surface area contributed by atoms with Crippen molar-refractivity contribution < 1.29 is 0 Å². The maximum atomic E-state index is 3.91. The minimum Gasteiger partial charge on any atom is -0.309 e. The highest BCUT2D eigenvalue weighted by Crippen LogP contribution is 2.66. The Morgan fingerprint density at radius 2 is 1.59 bits per heavy atom. The van der Waals surface area contributed by atoms with Gasteiger partial charge in [0.05, 0.1) is 0 Å². The molecule has 180 valence electrons. The van der Waals surface area contributed by atoms with Gasteiger partial charge in [-0.25, -0.2) is 0 Å². The van der Waals surface area contributed by atoms with Gasteiger partial charge < -0.3 is 5.32 Å². The van der Waals surface area contributed by atoms with Gasteiger partial charge in [0.25, 0.3) is 0 Å². The normalized spacial score (nSPS) is 37.4. The van der Waals surface area contributed by atoms with Crippen LogP contribution < -0.4 is 5.32 Å². The number of allylic oxidation sites excluding steroid dienone is 3. The first-order chi connectivity index (χ1) is 16.2. The molecule has 2 aromatic rings. The van der Waals surface area contributed by atoms with E-state index in [1.165, 1.54) is 61.3 Å². The van der Waals surface area contributed by atoms with Crippen LogP contribution in [0.1, 0.15) is 85.1 Å². The molecule has 0 heterocycles. The summed E-state index contributed by atoms with van der Waals surface area (Å²) in [5.74, 6) is 2.51. The average molecular weight is 454 g/mol. The molecule has 34 heavy (non-hydrogen) atoms. The van der Waals surface area contributed by atoms with E-state index in [0.717, 1.165) is 17.8 Å². The Morgan fingerprint density at radius 1 is 0.824 bits per heavy atom. The molecule has 0 saturated heterocycles. The van der Waals surface area contributed by atoms with Gasteiger partial charge in [0, 0.05) is 11.6 Å². The Hall–Kier alpha value is -1.86. The van der Waals surface area contributed by atoms with E-state index < -0.39 is 0 Å². The van der Waals surface area contributed by atoms with Crippen molar-refractivity contribution in [2.45, 2.75) is 91.1 Å². The molecular weight excluding hydrogens is 410 g/mol. The molecule has 0 spiro atoms. The molecule has 0 aliphatic heterocycles. The predicted molar refractivity (Wildman–Crippen MR) is 146 cm³/mol. The van der Waals surface area contributed by atoms with Gasteiger partial charge in [-0.1, -0.05) is 68.0 Å². The molecule has 4 aliphatic carbocycles. The van der Waals surface area contributed by atoms with Crippen LogP contribution in [-0.2, 0) is 0 Å². The summed E-state index contributed by atoms with van der Waals surface area (Å²) in [6.07, 6.45) is 14.6. The first-order valence-corrected chi connectivity index (χ1v) is 13.8. The summed E-state index contributed by atoms with van der Waals surface area (Å²) < 4.78 is 0. The minimum absolute atomic E-state index is 0.206. The summed E-state index contributed by atoms with van der Waals surface area (Å²) >= 11 is 0. The highest BCUT2D eigenvalue weighted by atomic mass is 15.0. The Labute approximate surface area is 207 Å². The first kappa shape index (κ1) is 22.6. The Balaban J connectivity index is 1.26. The Bertz CT molecular complexity index is 1160. The number of hydrogen-bond acceptors (Lipinski definition) is 1. The van der Waals surface area contributed by atoms with Gasteiger partial charge in [-0.3, -0.25) is 0 Å². The number of rotatable bonds is 2. The molecule has 4 aliphatic rings. The fourth-order valence-corrected chi connectivity index (χ4v) is 8.77. The number of nitrogens with one attached hydrogen (secondary N) is 1. The molecule has 1 N–H and O–H groups in total. The minimum atomic E-state index is 0.206. The molecule has 0 radical (unpaired) electrons. The van der Waals surface area contributed by atoms with Crippen LogP contribution in [0.5, 0.6) is 0 Å². The van der Waals surface area contributed by atoms with E-state index in [4.69, 9.17) is 0 Å². The second-order valence-electron chi connectivity index (χ2n) is 13.5. The second-order valence-corrected chi connectivity index (χ2v) is 13.5. The number of benzene rings is 2. The van der Waals surface area contributed by atoms with E-state index in [0.29, 0.717) is 16.9 Å². The zero-order chi connectivity index (χ0) is 23.7. The molecule has 0 bridgehead atoms. The summed E-state index contributed by atoms with van der Waals surface area (Å²) in [5, 5.41) is 6.64. The van der Waals surface area contributed by atoms with Gasteiger partial charge in [0.1, 0.15) is 0 Å². The van der Waals surface area contributed by atoms with Gasteiger partial charge >= 0.3 is 0 Å². The average Bonchev–Trinajstić information content (AvgIpc) is 3.15. The van der Waals surface area contributed by atoms with Crippen LogP contribution in [0.3, 0.4) is 0 Å². The molecule has 1 nitrogen and oxygen atoms in total. The second kappa shape index (κ2) is 7.82. The van der Waals surface area contributed by atoms with E-state index in [2.05, 4.69) is 94.6 Å². The summed E-state index contributed by atoms with van der Waals surface area (Å²) in [4.78, 5) is 0. The highest BCUT2D eigenvalue weighted by molar-refractivity contribution is 5.87. The summed E-state index contributed by atoms with van der Waals surface area (Å²) in [6, 6.07) is 16.6. The van der Waals surface area contributed by atoms with Gasteiger partial charge in [-0.2, -0.15) is 0 Å². The fraction of sp³-hybridized carbons (Fsp3) is 0.576. The third kappa shape index (κ3) is 3.53. The third-order valence-electron chi connectivity index (χ3n) is 10.4. The van der Waals surface area contributed by atoms with E-state index in [9.17, 15) is 0 Å². The van der Waals surface area contributed by atoms with Crippen LogP contribution in [0.4, 0.5) is 0 Å². The smallest absolute Gasteiger partial charge is 0.0110 e. The quantitative estimate of drug-likeness (QED) is 0.449. The lowest BCUT2D eigenvalue weighted by Crippen LogP contribution is -2.52. The molecule has 2 aromatic carbocycles.